The Labute approximate surface area is 159 Å². The van der Waals surface area contributed by atoms with Crippen molar-refractivity contribution in [1.29, 1.82) is 0 Å². The van der Waals surface area contributed by atoms with Gasteiger partial charge in [-0.15, -0.1) is 0 Å². The number of para-hydroxylation sites is 1. The van der Waals surface area contributed by atoms with Gasteiger partial charge < -0.3 is 14.4 Å². The summed E-state index contributed by atoms with van der Waals surface area (Å²) < 4.78 is 10.7. The molecule has 5 nitrogen and oxygen atoms in total. The first kappa shape index (κ1) is 19.0. The maximum absolute atomic E-state index is 12.5. The molecule has 3 rings (SSSR count). The van der Waals surface area contributed by atoms with Crippen LogP contribution in [0.2, 0.25) is 0 Å². The second kappa shape index (κ2) is 9.21. The zero-order valence-corrected chi connectivity index (χ0v) is 15.6. The number of benzene rings is 2. The first-order valence-electron chi connectivity index (χ1n) is 9.36. The van der Waals surface area contributed by atoms with Crippen molar-refractivity contribution >= 4 is 11.9 Å². The number of carbonyl (C=O) groups excluding carboxylic acids is 2. The van der Waals surface area contributed by atoms with Gasteiger partial charge in [0.2, 0.25) is 5.91 Å². The molecule has 142 valence electrons. The Bertz CT molecular complexity index is 775. The molecule has 5 heteroatoms. The minimum Gasteiger partial charge on any atom is -0.467 e. The van der Waals surface area contributed by atoms with Crippen LogP contribution in [0, 0.1) is 0 Å². The first-order valence-corrected chi connectivity index (χ1v) is 9.36. The molecule has 1 heterocycles. The van der Waals surface area contributed by atoms with Crippen LogP contribution in [0.25, 0.3) is 0 Å². The van der Waals surface area contributed by atoms with E-state index in [0.717, 1.165) is 36.3 Å². The third-order valence-corrected chi connectivity index (χ3v) is 4.78. The Balaban J connectivity index is 1.51. The van der Waals surface area contributed by atoms with E-state index >= 15 is 0 Å². The van der Waals surface area contributed by atoms with Crippen molar-refractivity contribution in [2.45, 2.75) is 38.1 Å². The number of amides is 1. The van der Waals surface area contributed by atoms with Gasteiger partial charge in [0.25, 0.3) is 0 Å². The van der Waals surface area contributed by atoms with Gasteiger partial charge in [0.15, 0.2) is 0 Å². The van der Waals surface area contributed by atoms with Crippen molar-refractivity contribution in [3.63, 3.8) is 0 Å². The van der Waals surface area contributed by atoms with Crippen molar-refractivity contribution in [1.82, 2.24) is 4.90 Å². The van der Waals surface area contributed by atoms with Gasteiger partial charge in [-0.2, -0.15) is 0 Å². The Morgan fingerprint density at radius 1 is 1.07 bits per heavy atom. The van der Waals surface area contributed by atoms with Gasteiger partial charge in [0.1, 0.15) is 17.5 Å². The summed E-state index contributed by atoms with van der Waals surface area (Å²) in [4.78, 5) is 25.9. The van der Waals surface area contributed by atoms with Gasteiger partial charge in [-0.05, 0) is 55.5 Å². The lowest BCUT2D eigenvalue weighted by molar-refractivity contribution is -0.151. The van der Waals surface area contributed by atoms with E-state index in [4.69, 9.17) is 9.47 Å². The normalized spacial score (nSPS) is 16.2. The van der Waals surface area contributed by atoms with Crippen LogP contribution in [0.15, 0.2) is 54.6 Å². The fourth-order valence-electron chi connectivity index (χ4n) is 3.42. The molecule has 0 spiro atoms. The monoisotopic (exact) mass is 367 g/mol. The number of carbonyl (C=O) groups is 2. The summed E-state index contributed by atoms with van der Waals surface area (Å²) in [5.74, 6) is 1.30. The zero-order chi connectivity index (χ0) is 19.1. The summed E-state index contributed by atoms with van der Waals surface area (Å²) in [6.45, 7) is 0.638. The second-order valence-corrected chi connectivity index (χ2v) is 6.68. The molecule has 1 atom stereocenters. The summed E-state index contributed by atoms with van der Waals surface area (Å²) in [5.41, 5.74) is 1.13. The number of nitrogens with zero attached hydrogens (tertiary/aromatic N) is 1. The summed E-state index contributed by atoms with van der Waals surface area (Å²) in [6.07, 6.45) is 3.49. The van der Waals surface area contributed by atoms with Crippen molar-refractivity contribution < 1.29 is 19.1 Å². The smallest absolute Gasteiger partial charge is 0.328 e. The van der Waals surface area contributed by atoms with Crippen LogP contribution < -0.4 is 4.74 Å². The van der Waals surface area contributed by atoms with Crippen LogP contribution in [0.3, 0.4) is 0 Å². The fourth-order valence-corrected chi connectivity index (χ4v) is 3.42. The van der Waals surface area contributed by atoms with E-state index in [1.807, 2.05) is 54.6 Å². The molecule has 2 aromatic carbocycles. The molecule has 2 aromatic rings. The van der Waals surface area contributed by atoms with Gasteiger partial charge in [0, 0.05) is 13.0 Å². The molecule has 0 unspecified atom stereocenters. The number of aryl methyl sites for hydroxylation is 1. The van der Waals surface area contributed by atoms with Crippen LogP contribution >= 0.6 is 0 Å². The SMILES string of the molecule is COC(=O)[C@@H]1CCCN1C(=O)CCCc1cccc(Oc2ccccc2)c1. The molecule has 0 aromatic heterocycles. The predicted molar refractivity (Wildman–Crippen MR) is 103 cm³/mol. The highest BCUT2D eigenvalue weighted by molar-refractivity contribution is 5.85. The van der Waals surface area contributed by atoms with E-state index in [1.165, 1.54) is 7.11 Å². The van der Waals surface area contributed by atoms with Crippen LogP contribution in [0.5, 0.6) is 11.5 Å². The third kappa shape index (κ3) is 5.09. The first-order chi connectivity index (χ1) is 13.2. The highest BCUT2D eigenvalue weighted by Crippen LogP contribution is 2.23. The molecule has 1 saturated heterocycles. The minimum atomic E-state index is -0.412. The van der Waals surface area contributed by atoms with Crippen LogP contribution in [0.1, 0.15) is 31.2 Å². The Hall–Kier alpha value is -2.82. The quantitative estimate of drug-likeness (QED) is 0.695. The van der Waals surface area contributed by atoms with Gasteiger partial charge in [-0.25, -0.2) is 4.79 Å². The maximum atomic E-state index is 12.5. The molecule has 0 N–H and O–H groups in total. The number of esters is 1. The summed E-state index contributed by atoms with van der Waals surface area (Å²) in [7, 11) is 1.37. The molecule has 1 fully saturated rings. The van der Waals surface area contributed by atoms with E-state index in [2.05, 4.69) is 0 Å². The second-order valence-electron chi connectivity index (χ2n) is 6.68. The molecule has 0 saturated carbocycles. The van der Waals surface area contributed by atoms with Crippen LogP contribution in [-0.4, -0.2) is 36.5 Å². The Morgan fingerprint density at radius 2 is 1.85 bits per heavy atom. The van der Waals surface area contributed by atoms with Crippen LogP contribution in [0.4, 0.5) is 0 Å². The average molecular weight is 367 g/mol. The molecule has 27 heavy (non-hydrogen) atoms. The molecule has 1 aliphatic rings. The number of ether oxygens (including phenoxy) is 2. The number of rotatable bonds is 7. The van der Waals surface area contributed by atoms with Crippen molar-refractivity contribution in [3.05, 3.63) is 60.2 Å². The lowest BCUT2D eigenvalue weighted by Crippen LogP contribution is -2.41. The molecule has 0 bridgehead atoms. The van der Waals surface area contributed by atoms with E-state index < -0.39 is 6.04 Å². The number of methoxy groups -OCH3 is 1. The van der Waals surface area contributed by atoms with E-state index in [9.17, 15) is 9.59 Å². The minimum absolute atomic E-state index is 0.0274. The van der Waals surface area contributed by atoms with Gasteiger partial charge in [-0.1, -0.05) is 30.3 Å². The number of hydrogen-bond acceptors (Lipinski definition) is 4. The Morgan fingerprint density at radius 3 is 2.63 bits per heavy atom. The van der Waals surface area contributed by atoms with E-state index in [0.29, 0.717) is 19.4 Å². The lowest BCUT2D eigenvalue weighted by atomic mass is 10.1. The molecular formula is C22H25NO4. The number of likely N-dealkylation sites (tertiary alicyclic amines) is 1. The average Bonchev–Trinajstić information content (AvgIpc) is 3.18. The molecule has 0 radical (unpaired) electrons. The zero-order valence-electron chi connectivity index (χ0n) is 15.6. The maximum Gasteiger partial charge on any atom is 0.328 e. The summed E-state index contributed by atoms with van der Waals surface area (Å²) in [6, 6.07) is 17.2. The van der Waals surface area contributed by atoms with Gasteiger partial charge in [-0.3, -0.25) is 4.79 Å². The van der Waals surface area contributed by atoms with Gasteiger partial charge in [0.05, 0.1) is 7.11 Å². The van der Waals surface area contributed by atoms with Crippen molar-refractivity contribution in [2.75, 3.05) is 13.7 Å². The van der Waals surface area contributed by atoms with Crippen LogP contribution in [-0.2, 0) is 20.7 Å². The summed E-state index contributed by atoms with van der Waals surface area (Å²) >= 11 is 0. The summed E-state index contributed by atoms with van der Waals surface area (Å²) in [5, 5.41) is 0. The Kier molecular flexibility index (Phi) is 6.47. The fraction of sp³-hybridized carbons (Fsp3) is 0.364. The van der Waals surface area contributed by atoms with Crippen molar-refractivity contribution in [3.8, 4) is 11.5 Å². The highest BCUT2D eigenvalue weighted by Gasteiger charge is 2.34. The number of hydrogen-bond donors (Lipinski definition) is 0. The molecular weight excluding hydrogens is 342 g/mol. The molecule has 0 aliphatic carbocycles. The highest BCUT2D eigenvalue weighted by atomic mass is 16.5. The van der Waals surface area contributed by atoms with E-state index in [1.54, 1.807) is 4.90 Å². The van der Waals surface area contributed by atoms with Crippen molar-refractivity contribution in [2.24, 2.45) is 0 Å². The largest absolute Gasteiger partial charge is 0.467 e. The predicted octanol–water partition coefficient (Wildman–Crippen LogP) is 3.97. The van der Waals surface area contributed by atoms with E-state index in [-0.39, 0.29) is 11.9 Å². The third-order valence-electron chi connectivity index (χ3n) is 4.78. The lowest BCUT2D eigenvalue weighted by Gasteiger charge is -2.22. The topological polar surface area (TPSA) is 55.8 Å². The van der Waals surface area contributed by atoms with Gasteiger partial charge >= 0.3 is 5.97 Å². The standard InChI is InChI=1S/C22H25NO4/c1-26-22(25)20-13-7-15-23(20)21(24)14-6-9-17-8-5-12-19(16-17)27-18-10-3-2-4-11-18/h2-5,8,10-12,16,20H,6-7,9,13-15H2,1H3/t20-/m0/s1. The molecule has 1 aliphatic heterocycles. The molecule has 1 amide bonds.